The lowest BCUT2D eigenvalue weighted by molar-refractivity contribution is 0.0608. The van der Waals surface area contributed by atoms with Crippen LogP contribution >= 0.6 is 15.9 Å². The summed E-state index contributed by atoms with van der Waals surface area (Å²) >= 11 is 3.48. The zero-order valence-electron chi connectivity index (χ0n) is 13.2. The summed E-state index contributed by atoms with van der Waals surface area (Å²) in [5.41, 5.74) is 6.65. The van der Waals surface area contributed by atoms with Gasteiger partial charge in [-0.15, -0.1) is 0 Å². The highest BCUT2D eigenvalue weighted by molar-refractivity contribution is 9.10. The molecule has 0 spiro atoms. The highest BCUT2D eigenvalue weighted by Crippen LogP contribution is 2.29. The number of hydrogen-bond donors (Lipinski definition) is 1. The topological polar surface area (TPSA) is 51.3 Å². The van der Waals surface area contributed by atoms with E-state index in [-0.39, 0.29) is 18.0 Å². The maximum atomic E-state index is 12.9. The molecule has 0 radical (unpaired) electrons. The molecule has 21 heavy (non-hydrogen) atoms. The van der Waals surface area contributed by atoms with Crippen molar-refractivity contribution in [2.24, 2.45) is 11.7 Å². The van der Waals surface area contributed by atoms with Crippen LogP contribution in [-0.2, 0) is 0 Å². The Labute approximate surface area is 135 Å². The van der Waals surface area contributed by atoms with E-state index in [1.807, 2.05) is 28.8 Å². The van der Waals surface area contributed by atoms with Crippen LogP contribution in [-0.4, -0.2) is 35.0 Å². The number of rotatable bonds is 4. The molecular weight excluding hydrogens is 330 g/mol. The number of carbonyl (C=O) groups is 1. The largest absolute Gasteiger partial charge is 0.340 e. The molecular formula is C16H26BrN3O. The van der Waals surface area contributed by atoms with Crippen molar-refractivity contribution >= 4 is 21.8 Å². The van der Waals surface area contributed by atoms with Gasteiger partial charge in [-0.25, -0.2) is 0 Å². The monoisotopic (exact) mass is 355 g/mol. The quantitative estimate of drug-likeness (QED) is 0.899. The smallest absolute Gasteiger partial charge is 0.270 e. The Bertz CT molecular complexity index is 498. The number of halogens is 1. The third-order valence-corrected chi connectivity index (χ3v) is 5.01. The van der Waals surface area contributed by atoms with Gasteiger partial charge in [-0.2, -0.15) is 0 Å². The van der Waals surface area contributed by atoms with E-state index < -0.39 is 0 Å². The lowest BCUT2D eigenvalue weighted by atomic mass is 9.83. The van der Waals surface area contributed by atoms with E-state index in [1.165, 1.54) is 12.8 Å². The Morgan fingerprint density at radius 1 is 1.48 bits per heavy atom. The number of amides is 1. The van der Waals surface area contributed by atoms with Crippen LogP contribution < -0.4 is 5.73 Å². The molecule has 0 aliphatic heterocycles. The Morgan fingerprint density at radius 2 is 2.14 bits per heavy atom. The van der Waals surface area contributed by atoms with Gasteiger partial charge in [0.2, 0.25) is 0 Å². The average Bonchev–Trinajstić information content (AvgIpc) is 2.88. The second-order valence-electron chi connectivity index (χ2n) is 6.31. The van der Waals surface area contributed by atoms with Crippen molar-refractivity contribution in [3.8, 4) is 0 Å². The van der Waals surface area contributed by atoms with E-state index >= 15 is 0 Å². The fourth-order valence-corrected chi connectivity index (χ4v) is 3.79. The molecule has 1 aliphatic rings. The minimum absolute atomic E-state index is 0.0970. The Kier molecular flexibility index (Phi) is 5.49. The van der Waals surface area contributed by atoms with Gasteiger partial charge in [0.05, 0.1) is 0 Å². The summed E-state index contributed by atoms with van der Waals surface area (Å²) in [5.74, 6) is 0.526. The molecule has 1 aliphatic carbocycles. The molecule has 0 bridgehead atoms. The van der Waals surface area contributed by atoms with Crippen LogP contribution in [0.3, 0.4) is 0 Å². The van der Waals surface area contributed by atoms with Gasteiger partial charge in [0.15, 0.2) is 0 Å². The summed E-state index contributed by atoms with van der Waals surface area (Å²) in [4.78, 5) is 14.8. The first-order valence-corrected chi connectivity index (χ1v) is 8.59. The third kappa shape index (κ3) is 3.51. The van der Waals surface area contributed by atoms with Crippen molar-refractivity contribution in [3.05, 3.63) is 22.4 Å². The molecule has 0 saturated heterocycles. The van der Waals surface area contributed by atoms with Crippen LogP contribution in [0, 0.1) is 5.92 Å². The lowest BCUT2D eigenvalue weighted by Gasteiger charge is -2.37. The Balaban J connectivity index is 2.22. The summed E-state index contributed by atoms with van der Waals surface area (Å²) < 4.78 is 2.98. The molecule has 4 nitrogen and oxygen atoms in total. The van der Waals surface area contributed by atoms with E-state index in [2.05, 4.69) is 29.8 Å². The summed E-state index contributed by atoms with van der Waals surface area (Å²) in [5, 5.41) is 0. The fraction of sp³-hybridized carbons (Fsp3) is 0.688. The zero-order valence-corrected chi connectivity index (χ0v) is 14.8. The van der Waals surface area contributed by atoms with Gasteiger partial charge < -0.3 is 15.2 Å². The van der Waals surface area contributed by atoms with Crippen molar-refractivity contribution in [2.75, 3.05) is 13.6 Å². The van der Waals surface area contributed by atoms with Crippen molar-refractivity contribution in [3.63, 3.8) is 0 Å². The van der Waals surface area contributed by atoms with Crippen LogP contribution in [0.2, 0.25) is 0 Å². The molecule has 1 aromatic rings. The van der Waals surface area contributed by atoms with Gasteiger partial charge in [-0.1, -0.05) is 12.8 Å². The minimum atomic E-state index is 0.0970. The van der Waals surface area contributed by atoms with Crippen LogP contribution in [0.5, 0.6) is 0 Å². The molecule has 1 aromatic heterocycles. The summed E-state index contributed by atoms with van der Waals surface area (Å²) in [6.07, 6.45) is 6.59. The van der Waals surface area contributed by atoms with Crippen LogP contribution in [0.1, 0.15) is 56.1 Å². The van der Waals surface area contributed by atoms with Crippen LogP contribution in [0.15, 0.2) is 16.7 Å². The SMILES string of the molecule is CC(C)n1cc(Br)cc1C(=O)N(C)C1CCCCC1CN. The van der Waals surface area contributed by atoms with Gasteiger partial charge in [-0.3, -0.25) is 4.79 Å². The van der Waals surface area contributed by atoms with E-state index in [0.717, 1.165) is 23.0 Å². The molecule has 5 heteroatoms. The average molecular weight is 356 g/mol. The first kappa shape index (κ1) is 16.6. The van der Waals surface area contributed by atoms with E-state index in [9.17, 15) is 4.79 Å². The number of nitrogens with zero attached hydrogens (tertiary/aromatic N) is 2. The second-order valence-corrected chi connectivity index (χ2v) is 7.22. The fourth-order valence-electron chi connectivity index (χ4n) is 3.35. The van der Waals surface area contributed by atoms with Crippen molar-refractivity contribution in [2.45, 2.75) is 51.6 Å². The van der Waals surface area contributed by atoms with Crippen LogP contribution in [0.25, 0.3) is 0 Å². The van der Waals surface area contributed by atoms with Gasteiger partial charge in [0.1, 0.15) is 5.69 Å². The normalized spacial score (nSPS) is 22.6. The molecule has 2 atom stereocenters. The highest BCUT2D eigenvalue weighted by Gasteiger charge is 2.31. The maximum absolute atomic E-state index is 12.9. The minimum Gasteiger partial charge on any atom is -0.340 e. The van der Waals surface area contributed by atoms with Gasteiger partial charge in [-0.05, 0) is 61.1 Å². The molecule has 1 amide bonds. The standard InChI is InChI=1S/C16H26BrN3O/c1-11(2)20-10-13(17)8-15(20)16(21)19(3)14-7-5-4-6-12(14)9-18/h8,10-12,14H,4-7,9,18H2,1-3H3. The molecule has 1 saturated carbocycles. The Morgan fingerprint density at radius 3 is 2.76 bits per heavy atom. The van der Waals surface area contributed by atoms with Crippen LogP contribution in [0.4, 0.5) is 0 Å². The first-order chi connectivity index (χ1) is 9.95. The van der Waals surface area contributed by atoms with Crippen molar-refractivity contribution in [1.29, 1.82) is 0 Å². The molecule has 2 rings (SSSR count). The molecule has 2 N–H and O–H groups in total. The maximum Gasteiger partial charge on any atom is 0.270 e. The highest BCUT2D eigenvalue weighted by atomic mass is 79.9. The second kappa shape index (κ2) is 6.97. The number of hydrogen-bond acceptors (Lipinski definition) is 2. The van der Waals surface area contributed by atoms with E-state index in [4.69, 9.17) is 5.73 Å². The van der Waals surface area contributed by atoms with Gasteiger partial charge in [0, 0.05) is 29.8 Å². The molecule has 2 unspecified atom stereocenters. The first-order valence-electron chi connectivity index (χ1n) is 7.80. The lowest BCUT2D eigenvalue weighted by Crippen LogP contribution is -2.46. The molecule has 0 aromatic carbocycles. The van der Waals surface area contributed by atoms with E-state index in [1.54, 1.807) is 0 Å². The molecule has 118 valence electrons. The van der Waals surface area contributed by atoms with Crippen molar-refractivity contribution in [1.82, 2.24) is 9.47 Å². The summed E-state index contributed by atoms with van der Waals surface area (Å²) in [6, 6.07) is 2.45. The third-order valence-electron chi connectivity index (χ3n) is 4.58. The Hall–Kier alpha value is -0.810. The number of nitrogens with two attached hydrogens (primary N) is 1. The van der Waals surface area contributed by atoms with Gasteiger partial charge >= 0.3 is 0 Å². The number of aromatic nitrogens is 1. The van der Waals surface area contributed by atoms with Gasteiger partial charge in [0.25, 0.3) is 5.91 Å². The molecule has 1 fully saturated rings. The zero-order chi connectivity index (χ0) is 15.6. The van der Waals surface area contributed by atoms with E-state index in [0.29, 0.717) is 12.5 Å². The summed E-state index contributed by atoms with van der Waals surface area (Å²) in [6.45, 7) is 4.84. The number of carbonyl (C=O) groups excluding carboxylic acids is 1. The molecule has 1 heterocycles. The summed E-state index contributed by atoms with van der Waals surface area (Å²) in [7, 11) is 1.92. The predicted molar refractivity (Wildman–Crippen MR) is 89.4 cm³/mol. The van der Waals surface area contributed by atoms with Crippen molar-refractivity contribution < 1.29 is 4.79 Å². The predicted octanol–water partition coefficient (Wildman–Crippen LogP) is 3.42.